The Labute approximate surface area is 166 Å². The highest BCUT2D eigenvalue weighted by Gasteiger charge is 2.31. The van der Waals surface area contributed by atoms with E-state index < -0.39 is 17.6 Å². The zero-order chi connectivity index (χ0) is 20.1. The molecule has 1 aromatic heterocycles. The Morgan fingerprint density at radius 2 is 1.75 bits per heavy atom. The largest absolute Gasteiger partial charge is 0.416 e. The van der Waals surface area contributed by atoms with Crippen molar-refractivity contribution in [2.75, 3.05) is 0 Å². The highest BCUT2D eigenvalue weighted by molar-refractivity contribution is 9.10. The van der Waals surface area contributed by atoms with Crippen LogP contribution in [-0.2, 0) is 12.7 Å². The topological polar surface area (TPSA) is 48.0 Å². The van der Waals surface area contributed by atoms with Gasteiger partial charge in [-0.3, -0.25) is 4.79 Å². The number of alkyl halides is 3. The van der Waals surface area contributed by atoms with Crippen molar-refractivity contribution in [3.63, 3.8) is 0 Å². The second-order valence-electron chi connectivity index (χ2n) is 6.47. The molecule has 0 spiro atoms. The molecule has 0 bridgehead atoms. The number of nitrogens with zero attached hydrogens (tertiary/aromatic N) is 1. The highest BCUT2D eigenvalue weighted by atomic mass is 79.9. The van der Waals surface area contributed by atoms with Gasteiger partial charge in [0, 0.05) is 27.4 Å². The molecular weight excluding hydrogens is 433 g/mol. The minimum atomic E-state index is -4.46. The van der Waals surface area contributed by atoms with Crippen molar-refractivity contribution in [2.45, 2.75) is 12.7 Å². The Hall–Kier alpha value is -2.80. The van der Waals surface area contributed by atoms with Crippen molar-refractivity contribution >= 4 is 43.6 Å². The Balaban J connectivity index is 2.08. The van der Waals surface area contributed by atoms with Crippen molar-refractivity contribution in [3.8, 4) is 0 Å². The Morgan fingerprint density at radius 3 is 2.43 bits per heavy atom. The summed E-state index contributed by atoms with van der Waals surface area (Å²) in [4.78, 5) is 11.9. The fraction of sp³-hybridized carbons (Fsp3) is 0.0952. The molecule has 7 heteroatoms. The molecule has 0 fully saturated rings. The molecule has 1 heterocycles. The summed E-state index contributed by atoms with van der Waals surface area (Å²) in [5.74, 6) is -0.620. The average molecular weight is 447 g/mol. The van der Waals surface area contributed by atoms with Gasteiger partial charge in [0.15, 0.2) is 0 Å². The lowest BCUT2D eigenvalue weighted by molar-refractivity contribution is -0.137. The maximum Gasteiger partial charge on any atom is 0.416 e. The average Bonchev–Trinajstić information content (AvgIpc) is 2.96. The number of amides is 1. The van der Waals surface area contributed by atoms with Gasteiger partial charge < -0.3 is 10.3 Å². The van der Waals surface area contributed by atoms with Crippen molar-refractivity contribution in [1.82, 2.24) is 4.57 Å². The first-order valence-electron chi connectivity index (χ1n) is 8.43. The second-order valence-corrected chi connectivity index (χ2v) is 7.33. The molecule has 28 heavy (non-hydrogen) atoms. The number of carbonyl (C=O) groups excluding carboxylic acids is 1. The fourth-order valence-electron chi connectivity index (χ4n) is 3.49. The van der Waals surface area contributed by atoms with Gasteiger partial charge in [-0.1, -0.05) is 46.3 Å². The summed E-state index contributed by atoms with van der Waals surface area (Å²) in [7, 11) is 0. The molecule has 0 unspecified atom stereocenters. The van der Waals surface area contributed by atoms with E-state index >= 15 is 0 Å². The lowest BCUT2D eigenvalue weighted by atomic mass is 10.0. The number of hydrogen-bond acceptors (Lipinski definition) is 1. The number of primary amides is 1. The number of carbonyl (C=O) groups is 1. The zero-order valence-electron chi connectivity index (χ0n) is 14.4. The number of benzene rings is 3. The zero-order valence-corrected chi connectivity index (χ0v) is 16.0. The van der Waals surface area contributed by atoms with E-state index in [1.807, 2.05) is 24.3 Å². The summed E-state index contributed by atoms with van der Waals surface area (Å²) >= 11 is 3.49. The van der Waals surface area contributed by atoms with Gasteiger partial charge in [-0.25, -0.2) is 0 Å². The number of rotatable bonds is 3. The Morgan fingerprint density at radius 1 is 1.00 bits per heavy atom. The summed E-state index contributed by atoms with van der Waals surface area (Å²) in [5.41, 5.74) is 7.02. The lowest BCUT2D eigenvalue weighted by Gasteiger charge is -2.11. The van der Waals surface area contributed by atoms with Crippen LogP contribution in [-0.4, -0.2) is 10.5 Å². The van der Waals surface area contributed by atoms with Crippen LogP contribution >= 0.6 is 15.9 Å². The third-order valence-electron chi connectivity index (χ3n) is 4.77. The molecule has 4 aromatic rings. The predicted molar refractivity (Wildman–Crippen MR) is 106 cm³/mol. The number of hydrogen-bond donors (Lipinski definition) is 1. The molecule has 4 rings (SSSR count). The molecule has 3 aromatic carbocycles. The quantitative estimate of drug-likeness (QED) is 0.429. The van der Waals surface area contributed by atoms with E-state index in [1.165, 1.54) is 6.07 Å². The van der Waals surface area contributed by atoms with E-state index in [0.29, 0.717) is 28.4 Å². The molecule has 0 saturated heterocycles. The summed E-state index contributed by atoms with van der Waals surface area (Å²) in [6.45, 7) is 0.338. The molecule has 1 amide bonds. The van der Waals surface area contributed by atoms with Gasteiger partial charge in [0.25, 0.3) is 0 Å². The summed E-state index contributed by atoms with van der Waals surface area (Å²) < 4.78 is 42.6. The number of aromatic nitrogens is 1. The summed E-state index contributed by atoms with van der Waals surface area (Å²) in [5, 5.41) is 1.12. The molecular formula is C21H14BrF3N2O. The minimum Gasteiger partial charge on any atom is -0.366 e. The third kappa shape index (κ3) is 3.05. The second kappa shape index (κ2) is 6.67. The van der Waals surface area contributed by atoms with Gasteiger partial charge in [-0.15, -0.1) is 0 Å². The van der Waals surface area contributed by atoms with Crippen LogP contribution in [0.3, 0.4) is 0 Å². The summed E-state index contributed by atoms with van der Waals surface area (Å²) in [6.07, 6.45) is -4.46. The number of halogens is 4. The Bertz CT molecular complexity index is 1230. The molecule has 0 atom stereocenters. The number of fused-ring (bicyclic) bond motifs is 3. The van der Waals surface area contributed by atoms with Crippen molar-refractivity contribution < 1.29 is 18.0 Å². The maximum atomic E-state index is 13.3. The van der Waals surface area contributed by atoms with E-state index in [4.69, 9.17) is 5.73 Å². The van der Waals surface area contributed by atoms with Gasteiger partial charge in [0.2, 0.25) is 5.91 Å². The Kier molecular flexibility index (Phi) is 4.42. The first kappa shape index (κ1) is 18.6. The smallest absolute Gasteiger partial charge is 0.366 e. The van der Waals surface area contributed by atoms with E-state index in [1.54, 1.807) is 22.8 Å². The predicted octanol–water partition coefficient (Wildman–Crippen LogP) is 5.72. The molecule has 142 valence electrons. The van der Waals surface area contributed by atoms with E-state index in [9.17, 15) is 18.0 Å². The van der Waals surface area contributed by atoms with Crippen LogP contribution in [0.15, 0.2) is 65.1 Å². The van der Waals surface area contributed by atoms with Crippen molar-refractivity contribution in [2.24, 2.45) is 5.73 Å². The van der Waals surface area contributed by atoms with Crippen molar-refractivity contribution in [3.05, 3.63) is 81.8 Å². The third-order valence-corrected chi connectivity index (χ3v) is 5.54. The van der Waals surface area contributed by atoms with Gasteiger partial charge in [0.1, 0.15) is 0 Å². The lowest BCUT2D eigenvalue weighted by Crippen LogP contribution is -2.11. The van der Waals surface area contributed by atoms with Crippen LogP contribution in [0.2, 0.25) is 0 Å². The van der Waals surface area contributed by atoms with Crippen LogP contribution in [0.4, 0.5) is 13.2 Å². The van der Waals surface area contributed by atoms with Gasteiger partial charge in [-0.2, -0.15) is 13.2 Å². The molecule has 0 aliphatic rings. The van der Waals surface area contributed by atoms with Crippen molar-refractivity contribution in [1.29, 1.82) is 0 Å². The standard InChI is InChI=1S/C21H14BrF3N2O/c22-16-6-2-1-4-12(16)11-27-17-7-3-5-15(20(26)28)19(17)14-9-8-13(10-18(14)27)21(23,24)25/h1-10H,11H2,(H2,26,28). The molecule has 0 radical (unpaired) electrons. The minimum absolute atomic E-state index is 0.285. The fourth-order valence-corrected chi connectivity index (χ4v) is 3.90. The summed E-state index contributed by atoms with van der Waals surface area (Å²) in [6, 6.07) is 16.1. The van der Waals surface area contributed by atoms with Crippen LogP contribution in [0.25, 0.3) is 21.8 Å². The van der Waals surface area contributed by atoms with Gasteiger partial charge in [0.05, 0.1) is 16.6 Å². The first-order chi connectivity index (χ1) is 13.3. The molecule has 0 saturated carbocycles. The van der Waals surface area contributed by atoms with Crippen LogP contribution in [0.5, 0.6) is 0 Å². The van der Waals surface area contributed by atoms with Gasteiger partial charge >= 0.3 is 6.18 Å². The molecule has 2 N–H and O–H groups in total. The van der Waals surface area contributed by atoms with E-state index in [2.05, 4.69) is 15.9 Å². The van der Waals surface area contributed by atoms with Crippen LogP contribution < -0.4 is 5.73 Å². The van der Waals surface area contributed by atoms with E-state index in [0.717, 1.165) is 22.2 Å². The molecule has 0 aliphatic heterocycles. The SMILES string of the molecule is NC(=O)c1cccc2c1c1ccc(C(F)(F)F)cc1n2Cc1ccccc1Br. The molecule has 0 aliphatic carbocycles. The number of nitrogens with two attached hydrogens (primary N) is 1. The normalized spacial score (nSPS) is 12.0. The monoisotopic (exact) mass is 446 g/mol. The first-order valence-corrected chi connectivity index (χ1v) is 9.22. The van der Waals surface area contributed by atoms with Crippen LogP contribution in [0, 0.1) is 0 Å². The van der Waals surface area contributed by atoms with E-state index in [-0.39, 0.29) is 5.56 Å². The molecule has 3 nitrogen and oxygen atoms in total. The maximum absolute atomic E-state index is 13.3. The van der Waals surface area contributed by atoms with Crippen LogP contribution in [0.1, 0.15) is 21.5 Å². The van der Waals surface area contributed by atoms with Gasteiger partial charge in [-0.05, 0) is 35.9 Å². The highest BCUT2D eigenvalue weighted by Crippen LogP contribution is 2.37.